The number of nitrogens with zero attached hydrogens (tertiary/aromatic N) is 4. The van der Waals surface area contributed by atoms with Crippen LogP contribution in [0.15, 0.2) is 29.7 Å². The van der Waals surface area contributed by atoms with Crippen molar-refractivity contribution in [2.24, 2.45) is 0 Å². The summed E-state index contributed by atoms with van der Waals surface area (Å²) >= 11 is 1.25. The topological polar surface area (TPSA) is 109 Å². The van der Waals surface area contributed by atoms with Gasteiger partial charge < -0.3 is 4.90 Å². The van der Waals surface area contributed by atoms with Gasteiger partial charge in [-0.3, -0.25) is 14.9 Å². The van der Waals surface area contributed by atoms with Crippen molar-refractivity contribution in [3.63, 3.8) is 0 Å². The summed E-state index contributed by atoms with van der Waals surface area (Å²) in [6, 6.07) is 3.41. The van der Waals surface area contributed by atoms with E-state index in [2.05, 4.69) is 20.2 Å². The van der Waals surface area contributed by atoms with Crippen LogP contribution < -0.4 is 0 Å². The van der Waals surface area contributed by atoms with Gasteiger partial charge in [0.2, 0.25) is 11.1 Å². The van der Waals surface area contributed by atoms with Gasteiger partial charge in [-0.05, 0) is 31.9 Å². The summed E-state index contributed by atoms with van der Waals surface area (Å²) in [5.41, 5.74) is 0.869. The van der Waals surface area contributed by atoms with Gasteiger partial charge >= 0.3 is 0 Å². The number of aromatic amines is 1. The second kappa shape index (κ2) is 8.39. The van der Waals surface area contributed by atoms with E-state index >= 15 is 0 Å². The average Bonchev–Trinajstić information content (AvgIpc) is 3.27. The van der Waals surface area contributed by atoms with Crippen molar-refractivity contribution in [3.05, 3.63) is 24.5 Å². The Bertz CT molecular complexity index is 885. The van der Waals surface area contributed by atoms with E-state index in [1.807, 2.05) is 26.0 Å². The highest BCUT2D eigenvalue weighted by molar-refractivity contribution is 7.99. The molecule has 146 valence electrons. The van der Waals surface area contributed by atoms with Crippen LogP contribution in [0.3, 0.4) is 0 Å². The van der Waals surface area contributed by atoms with E-state index in [1.54, 1.807) is 17.3 Å². The van der Waals surface area contributed by atoms with E-state index < -0.39 is 9.84 Å². The van der Waals surface area contributed by atoms with E-state index in [1.165, 1.54) is 11.8 Å². The number of hydrogen-bond donors (Lipinski definition) is 1. The van der Waals surface area contributed by atoms with E-state index in [9.17, 15) is 13.2 Å². The van der Waals surface area contributed by atoms with E-state index in [0.29, 0.717) is 17.4 Å². The molecule has 1 aliphatic heterocycles. The molecule has 0 radical (unpaired) electrons. The number of pyridine rings is 1. The molecule has 1 N–H and O–H groups in total. The highest BCUT2D eigenvalue weighted by Gasteiger charge is 2.36. The lowest BCUT2D eigenvalue weighted by atomic mass is 10.1. The smallest absolute Gasteiger partial charge is 0.233 e. The lowest BCUT2D eigenvalue weighted by molar-refractivity contribution is -0.132. The lowest BCUT2D eigenvalue weighted by Crippen LogP contribution is -2.47. The number of rotatable bonds is 7. The molecule has 2 aromatic rings. The molecule has 2 aromatic heterocycles. The Balaban J connectivity index is 1.65. The number of thioether (sulfide) groups is 1. The molecular weight excluding hydrogens is 386 g/mol. The largest absolute Gasteiger partial charge is 0.335 e. The fourth-order valence-electron chi connectivity index (χ4n) is 3.15. The first kappa shape index (κ1) is 19.8. The Labute approximate surface area is 163 Å². The summed E-state index contributed by atoms with van der Waals surface area (Å²) in [7, 11) is -3.05. The number of nitrogens with one attached hydrogen (secondary N) is 1. The minimum absolute atomic E-state index is 0.00378. The highest BCUT2D eigenvalue weighted by atomic mass is 32.2. The third-order valence-corrected chi connectivity index (χ3v) is 7.28. The summed E-state index contributed by atoms with van der Waals surface area (Å²) in [5.74, 6) is 0.927. The second-order valence-electron chi connectivity index (χ2n) is 6.61. The molecule has 1 fully saturated rings. The number of aromatic nitrogens is 4. The van der Waals surface area contributed by atoms with Crippen LogP contribution in [0.5, 0.6) is 0 Å². The number of amides is 1. The second-order valence-corrected chi connectivity index (χ2v) is 9.78. The maximum atomic E-state index is 12.8. The first-order valence-electron chi connectivity index (χ1n) is 8.87. The molecule has 1 aliphatic rings. The monoisotopic (exact) mass is 409 g/mol. The normalized spacial score (nSPS) is 19.7. The van der Waals surface area contributed by atoms with Gasteiger partial charge in [0.05, 0.1) is 17.3 Å². The first-order valence-corrected chi connectivity index (χ1v) is 11.7. The average molecular weight is 410 g/mol. The predicted octanol–water partition coefficient (Wildman–Crippen LogP) is 1.77. The molecule has 1 saturated heterocycles. The number of hydrogen-bond acceptors (Lipinski definition) is 7. The van der Waals surface area contributed by atoms with Gasteiger partial charge in [0.25, 0.3) is 0 Å². The standard InChI is InChI=1S/C17H23N5O3S2/c1-3-12(2)22(14-6-9-27(24,25)11-14)15(23)10-26-17-19-16(20-21-17)13-4-7-18-8-5-13/h4-5,7-8,12,14H,3,6,9-11H2,1-2H3,(H,19,20,21)/t12-,14-/m1/s1. The molecule has 27 heavy (non-hydrogen) atoms. The molecule has 0 saturated carbocycles. The van der Waals surface area contributed by atoms with Crippen molar-refractivity contribution in [2.75, 3.05) is 17.3 Å². The molecule has 2 atom stereocenters. The Morgan fingerprint density at radius 2 is 2.15 bits per heavy atom. The van der Waals surface area contributed by atoms with Crippen LogP contribution in [0.2, 0.25) is 0 Å². The zero-order chi connectivity index (χ0) is 19.4. The number of carbonyl (C=O) groups excluding carboxylic acids is 1. The van der Waals surface area contributed by atoms with Gasteiger partial charge in [0.1, 0.15) is 0 Å². The Kier molecular flexibility index (Phi) is 6.15. The summed E-state index contributed by atoms with van der Waals surface area (Å²) in [4.78, 5) is 22.9. The van der Waals surface area contributed by atoms with Crippen LogP contribution in [-0.2, 0) is 14.6 Å². The lowest BCUT2D eigenvalue weighted by Gasteiger charge is -2.33. The molecule has 3 rings (SSSR count). The third kappa shape index (κ3) is 4.86. The van der Waals surface area contributed by atoms with E-state index in [0.717, 1.165) is 12.0 Å². The van der Waals surface area contributed by atoms with Crippen LogP contribution in [0.4, 0.5) is 0 Å². The predicted molar refractivity (Wildman–Crippen MR) is 104 cm³/mol. The Morgan fingerprint density at radius 1 is 1.41 bits per heavy atom. The quantitative estimate of drug-likeness (QED) is 0.694. The van der Waals surface area contributed by atoms with Crippen LogP contribution >= 0.6 is 11.8 Å². The molecular formula is C17H23N5O3S2. The van der Waals surface area contributed by atoms with Crippen molar-refractivity contribution in [1.82, 2.24) is 25.1 Å². The van der Waals surface area contributed by atoms with Gasteiger partial charge in [-0.1, -0.05) is 18.7 Å². The Hall–Kier alpha value is -1.94. The third-order valence-electron chi connectivity index (χ3n) is 4.70. The minimum atomic E-state index is -3.05. The van der Waals surface area contributed by atoms with Crippen molar-refractivity contribution in [1.29, 1.82) is 0 Å². The molecule has 8 nitrogen and oxygen atoms in total. The fraction of sp³-hybridized carbons (Fsp3) is 0.529. The van der Waals surface area contributed by atoms with Gasteiger partial charge in [-0.25, -0.2) is 13.4 Å². The minimum Gasteiger partial charge on any atom is -0.335 e. The fourth-order valence-corrected chi connectivity index (χ4v) is 5.53. The highest BCUT2D eigenvalue weighted by Crippen LogP contribution is 2.24. The molecule has 3 heterocycles. The van der Waals surface area contributed by atoms with Gasteiger partial charge in [0.15, 0.2) is 15.7 Å². The molecule has 0 bridgehead atoms. The van der Waals surface area contributed by atoms with E-state index in [-0.39, 0.29) is 35.2 Å². The molecule has 0 aliphatic carbocycles. The van der Waals surface area contributed by atoms with Crippen LogP contribution in [0.25, 0.3) is 11.4 Å². The molecule has 10 heteroatoms. The summed E-state index contributed by atoms with van der Waals surface area (Å²) in [6.07, 6.45) is 4.64. The molecule has 0 unspecified atom stereocenters. The maximum Gasteiger partial charge on any atom is 0.233 e. The first-order chi connectivity index (χ1) is 12.9. The van der Waals surface area contributed by atoms with Crippen molar-refractivity contribution < 1.29 is 13.2 Å². The summed E-state index contributed by atoms with van der Waals surface area (Å²) in [6.45, 7) is 3.96. The molecule has 0 aromatic carbocycles. The zero-order valence-electron chi connectivity index (χ0n) is 15.3. The summed E-state index contributed by atoms with van der Waals surface area (Å²) in [5, 5.41) is 7.49. The van der Waals surface area contributed by atoms with Crippen molar-refractivity contribution in [3.8, 4) is 11.4 Å². The van der Waals surface area contributed by atoms with Crippen LogP contribution in [-0.4, -0.2) is 68.7 Å². The SMILES string of the molecule is CC[C@@H](C)N(C(=O)CSc1n[nH]c(-c2ccncc2)n1)[C@@H]1CCS(=O)(=O)C1. The maximum absolute atomic E-state index is 12.8. The zero-order valence-corrected chi connectivity index (χ0v) is 17.0. The van der Waals surface area contributed by atoms with Gasteiger partial charge in [0, 0.05) is 30.0 Å². The Morgan fingerprint density at radius 3 is 2.78 bits per heavy atom. The van der Waals surface area contributed by atoms with Crippen molar-refractivity contribution >= 4 is 27.5 Å². The van der Waals surface area contributed by atoms with Crippen molar-refractivity contribution in [2.45, 2.75) is 43.9 Å². The summed E-state index contributed by atoms with van der Waals surface area (Å²) < 4.78 is 23.6. The molecule has 1 amide bonds. The van der Waals surface area contributed by atoms with Crippen LogP contribution in [0.1, 0.15) is 26.7 Å². The van der Waals surface area contributed by atoms with Crippen LogP contribution in [0, 0.1) is 0 Å². The van der Waals surface area contributed by atoms with Gasteiger partial charge in [-0.2, -0.15) is 0 Å². The number of carbonyl (C=O) groups is 1. The van der Waals surface area contributed by atoms with E-state index in [4.69, 9.17) is 0 Å². The number of sulfone groups is 1. The number of H-pyrrole nitrogens is 1. The van der Waals surface area contributed by atoms with Gasteiger partial charge in [-0.15, -0.1) is 5.10 Å². The molecule has 0 spiro atoms.